The first-order valence-corrected chi connectivity index (χ1v) is 32.9. The second-order valence-corrected chi connectivity index (χ2v) is 25.1. The van der Waals surface area contributed by atoms with Gasteiger partial charge in [-0.3, -0.25) is 34.0 Å². The zero-order valence-corrected chi connectivity index (χ0v) is 55.5. The molecule has 3 aromatic carbocycles. The molecule has 0 radical (unpaired) electrons. The number of carbonyl (C=O) groups excluding carboxylic acids is 6. The van der Waals surface area contributed by atoms with Crippen LogP contribution in [0.1, 0.15) is 42.9 Å². The first-order valence-electron chi connectivity index (χ1n) is 32.9. The van der Waals surface area contributed by atoms with Crippen LogP contribution in [-0.2, 0) is 65.5 Å². The fourth-order valence-electron chi connectivity index (χ4n) is 12.0. The van der Waals surface area contributed by atoms with Crippen molar-refractivity contribution in [2.24, 2.45) is 27.2 Å². The van der Waals surface area contributed by atoms with Crippen LogP contribution in [0, 0.1) is 0 Å². The van der Waals surface area contributed by atoms with Crippen LogP contribution < -0.4 is 58.6 Å². The number of guanidine groups is 2. The van der Waals surface area contributed by atoms with E-state index in [9.17, 15) is 85.6 Å². The molecule has 3 saturated heterocycles. The van der Waals surface area contributed by atoms with Crippen molar-refractivity contribution in [2.75, 3.05) is 52.7 Å². The Morgan fingerprint density at radius 2 is 1.25 bits per heavy atom. The van der Waals surface area contributed by atoms with Gasteiger partial charge in [0.2, 0.25) is 35.8 Å². The van der Waals surface area contributed by atoms with E-state index >= 15 is 9.59 Å². The molecule has 25 N–H and O–H groups in total. The summed E-state index contributed by atoms with van der Waals surface area (Å²) in [7, 11) is 0. The van der Waals surface area contributed by atoms with E-state index in [0.29, 0.717) is 17.9 Å². The topological polar surface area (TPSA) is 608 Å². The van der Waals surface area contributed by atoms with Crippen LogP contribution in [0.5, 0.6) is 11.5 Å². The van der Waals surface area contributed by atoms with Crippen molar-refractivity contribution in [1.82, 2.24) is 36.8 Å². The Morgan fingerprint density at radius 3 is 1.88 bits per heavy atom. The van der Waals surface area contributed by atoms with Crippen LogP contribution in [-0.4, -0.2) is 318 Å². The molecule has 25 atom stereocenters. The molecule has 0 bridgehead atoms. The first-order chi connectivity index (χ1) is 48.7. The number of aliphatic hydroxyl groups excluding tert-OH is 13. The molecule has 0 aromatic heterocycles. The van der Waals surface area contributed by atoms with E-state index in [1.165, 1.54) is 24.3 Å². The van der Waals surface area contributed by atoms with Gasteiger partial charge < -0.3 is 158 Å². The predicted molar refractivity (Wildman–Crippen MR) is 350 cm³/mol. The first kappa shape index (κ1) is 79.8. The van der Waals surface area contributed by atoms with Gasteiger partial charge in [-0.15, -0.1) is 0 Å². The van der Waals surface area contributed by atoms with E-state index in [1.54, 1.807) is 61.5 Å². The van der Waals surface area contributed by atoms with Gasteiger partial charge in [0.25, 0.3) is 0 Å². The molecule has 38 nitrogen and oxygen atoms in total. The van der Waals surface area contributed by atoms with Gasteiger partial charge in [0.1, 0.15) is 133 Å². The molecule has 0 aliphatic carbocycles. The van der Waals surface area contributed by atoms with E-state index in [4.69, 9.17) is 50.4 Å². The van der Waals surface area contributed by atoms with Gasteiger partial charge in [0.05, 0.1) is 71.4 Å². The van der Waals surface area contributed by atoms with Gasteiger partial charge in [0, 0.05) is 12.3 Å². The Morgan fingerprint density at radius 1 is 0.657 bits per heavy atom. The standard InChI is InChI=1S/C64H92N12O26/c1-3-17-97-33-13-11-30(12-14-33)26-96-27-40-48(85)50(87)53(90)62(101-40)102-55-39(25-80)100-61(54(91)51(55)88)98-34-15-9-29(10-16-34)18-35(71-57(93)42(73-41(81)19-65)28(2)31-7-5-4-6-8-31)56(92)74-43(45(82)36-20-68-63(66)72-36)59(95)75-44(58(94)70-32(22-77)23-78)46(83)37-21-69-64(67)76(37)60-52(89)49(86)47(84)38(24-79)99-60/h4-16,22,28,32,35-40,42-55,60-62,78-80,82-91H,3,17-21,23-27,65H2,1-2H3,(H2,67,69)(H,70,94)(H,71,93)(H,73,81)(H,74,92)(H,75,95)(H3,66,68,72)/t28?,32-,35+,36?,37?,38?,39?,40?,42+,43+,44+,45?,46?,47?,48?,49?,50?,51?,52?,53?,54?,55?,60?,61?,62?/m1/s1. The third kappa shape index (κ3) is 19.5. The number of ether oxygens (including phenoxy) is 7. The van der Waals surface area contributed by atoms with E-state index < -0.39 is 227 Å². The molecule has 5 aliphatic heterocycles. The molecule has 3 aromatic rings. The summed E-state index contributed by atoms with van der Waals surface area (Å²) in [5.74, 6) is -6.77. The number of hydrogen-bond acceptors (Lipinski definition) is 33. The normalized spacial score (nSPS) is 30.3. The zero-order chi connectivity index (χ0) is 74.2. The summed E-state index contributed by atoms with van der Waals surface area (Å²) in [5.41, 5.74) is 19.3. The quantitative estimate of drug-likeness (QED) is 0.0247. The molecule has 102 heavy (non-hydrogen) atoms. The summed E-state index contributed by atoms with van der Waals surface area (Å²) >= 11 is 0. The van der Waals surface area contributed by atoms with Crippen molar-refractivity contribution in [1.29, 1.82) is 0 Å². The van der Waals surface area contributed by atoms with Crippen LogP contribution in [0.25, 0.3) is 0 Å². The van der Waals surface area contributed by atoms with Gasteiger partial charge in [-0.1, -0.05) is 68.4 Å². The van der Waals surface area contributed by atoms with Gasteiger partial charge >= 0.3 is 0 Å². The number of hydrogen-bond donors (Lipinski definition) is 22. The Hall–Kier alpha value is -7.94. The summed E-state index contributed by atoms with van der Waals surface area (Å²) in [6.07, 6.45) is -30.5. The van der Waals surface area contributed by atoms with Gasteiger partial charge in [0.15, 0.2) is 24.4 Å². The van der Waals surface area contributed by atoms with E-state index in [1.807, 2.05) is 6.92 Å². The fourth-order valence-corrected chi connectivity index (χ4v) is 12.0. The third-order valence-corrected chi connectivity index (χ3v) is 17.9. The Balaban J connectivity index is 1.03. The molecular weight excluding hydrogens is 1350 g/mol. The average Bonchev–Trinajstić information content (AvgIpc) is 1.39. The van der Waals surface area contributed by atoms with E-state index in [2.05, 4.69) is 41.9 Å². The number of nitrogens with one attached hydrogen (secondary N) is 6. The highest BCUT2D eigenvalue weighted by Gasteiger charge is 2.54. The van der Waals surface area contributed by atoms with Crippen molar-refractivity contribution >= 4 is 47.7 Å². The minimum atomic E-state index is -2.30. The minimum absolute atomic E-state index is 0.0491. The van der Waals surface area contributed by atoms with Crippen LogP contribution >= 0.6 is 0 Å². The van der Waals surface area contributed by atoms with Gasteiger partial charge in [-0.25, -0.2) is 0 Å². The Bertz CT molecular complexity index is 3300. The van der Waals surface area contributed by atoms with Gasteiger partial charge in [-0.2, -0.15) is 0 Å². The summed E-state index contributed by atoms with van der Waals surface area (Å²) in [6, 6.07) is 8.45. The van der Waals surface area contributed by atoms with Crippen molar-refractivity contribution < 1.29 is 128 Å². The lowest BCUT2D eigenvalue weighted by molar-refractivity contribution is -0.353. The number of benzene rings is 3. The number of aliphatic imine (C=N–C) groups is 2. The minimum Gasteiger partial charge on any atom is -0.494 e. The highest BCUT2D eigenvalue weighted by atomic mass is 16.7. The Kier molecular flexibility index (Phi) is 28.9. The van der Waals surface area contributed by atoms with Gasteiger partial charge in [-0.05, 0) is 47.4 Å². The lowest BCUT2D eigenvalue weighted by atomic mass is 9.92. The molecule has 0 saturated carbocycles. The lowest BCUT2D eigenvalue weighted by Crippen LogP contribution is -2.70. The van der Waals surface area contributed by atoms with Crippen LogP contribution in [0.3, 0.4) is 0 Å². The SMILES string of the molecule is CCCOc1ccc(COCC2OC(OC3C(CO)OC(Oc4ccc(C[C@H](NC(=O)[C@@H](NC(=O)CN)C(C)c5ccccc5)C(=O)N[C@H](C(=O)N[C@H](C(=O)N[C@H](C=O)CO)C(O)C5CN=C(N)N5C5OC(CO)C(O)C(O)C5O)C(O)C5CN=C(N)N5)cc4)C(O)C3O)C(O)C(O)C2O)cc1. The van der Waals surface area contributed by atoms with Crippen LogP contribution in [0.15, 0.2) is 88.8 Å². The predicted octanol–water partition coefficient (Wildman–Crippen LogP) is -10.6. The maximum atomic E-state index is 15.2. The fraction of sp³-hybridized carbons (Fsp3) is 0.594. The van der Waals surface area contributed by atoms with Crippen molar-refractivity contribution in [3.8, 4) is 11.5 Å². The molecule has 38 heteroatoms. The summed E-state index contributed by atoms with van der Waals surface area (Å²) in [6.45, 7) is -0.367. The molecule has 5 amide bonds. The summed E-state index contributed by atoms with van der Waals surface area (Å²) in [4.78, 5) is 93.2. The summed E-state index contributed by atoms with van der Waals surface area (Å²) in [5, 5.41) is 157. The molecule has 20 unspecified atom stereocenters. The van der Waals surface area contributed by atoms with E-state index in [0.717, 1.165) is 16.9 Å². The molecule has 5 heterocycles. The third-order valence-electron chi connectivity index (χ3n) is 17.9. The van der Waals surface area contributed by atoms with Crippen molar-refractivity contribution in [3.63, 3.8) is 0 Å². The Labute approximate surface area is 583 Å². The van der Waals surface area contributed by atoms with Crippen molar-refractivity contribution in [3.05, 3.63) is 95.6 Å². The maximum absolute atomic E-state index is 15.2. The number of nitrogens with zero attached hydrogens (tertiary/aromatic N) is 3. The average molecular weight is 1450 g/mol. The second kappa shape index (κ2) is 37.0. The molecule has 564 valence electrons. The number of aldehydes is 1. The van der Waals surface area contributed by atoms with E-state index in [-0.39, 0.29) is 43.3 Å². The zero-order valence-electron chi connectivity index (χ0n) is 55.5. The highest BCUT2D eigenvalue weighted by molar-refractivity contribution is 5.97. The number of aliphatic hydroxyl groups is 13. The summed E-state index contributed by atoms with van der Waals surface area (Å²) < 4.78 is 40.6. The smallest absolute Gasteiger partial charge is 0.246 e. The second-order valence-electron chi connectivity index (χ2n) is 25.1. The van der Waals surface area contributed by atoms with Crippen molar-refractivity contribution in [2.45, 2.75) is 186 Å². The number of carbonyl (C=O) groups is 6. The molecule has 0 spiro atoms. The molecule has 5 aliphatic rings. The number of rotatable bonds is 34. The molecular formula is C64H92N12O26. The van der Waals surface area contributed by atoms with Crippen LogP contribution in [0.2, 0.25) is 0 Å². The van der Waals surface area contributed by atoms with Crippen LogP contribution in [0.4, 0.5) is 0 Å². The molecule has 8 rings (SSSR count). The maximum Gasteiger partial charge on any atom is 0.246 e. The number of amides is 5. The monoisotopic (exact) mass is 1440 g/mol. The number of nitrogens with two attached hydrogens (primary N) is 3. The highest BCUT2D eigenvalue weighted by Crippen LogP contribution is 2.33. The lowest BCUT2D eigenvalue weighted by Gasteiger charge is -2.46. The largest absolute Gasteiger partial charge is 0.494 e. The molecule has 3 fully saturated rings.